The molecule has 2 saturated heterocycles. The maximum Gasteiger partial charge on any atom is 0.231 e. The lowest BCUT2D eigenvalue weighted by Gasteiger charge is -2.39. The third-order valence-electron chi connectivity index (χ3n) is 7.26. The fourth-order valence-electron chi connectivity index (χ4n) is 5.30. The Morgan fingerprint density at radius 3 is 2.55 bits per heavy atom. The monoisotopic (exact) mass is 469 g/mol. The van der Waals surface area contributed by atoms with E-state index < -0.39 is 0 Å². The van der Waals surface area contributed by atoms with Gasteiger partial charge in [-0.15, -0.1) is 0 Å². The first kappa shape index (κ1) is 22.6. The van der Waals surface area contributed by atoms with Crippen molar-refractivity contribution < 1.29 is 9.53 Å². The number of piperazine rings is 1. The van der Waals surface area contributed by atoms with E-state index in [9.17, 15) is 4.79 Å². The van der Waals surface area contributed by atoms with Crippen LogP contribution in [-0.4, -0.2) is 84.7 Å². The SMILES string of the molecule is CC1CCc2ncnc(N3CCN(C(=O)C(CN4CCOCC4)c4ccc(Cl)cc4)CC3)c21. The molecular formula is C25H32ClN5O2. The number of carbonyl (C=O) groups is 1. The lowest BCUT2D eigenvalue weighted by Crippen LogP contribution is -2.52. The predicted octanol–water partition coefficient (Wildman–Crippen LogP) is 2.94. The average Bonchev–Trinajstić information content (AvgIpc) is 3.24. The highest BCUT2D eigenvalue weighted by Gasteiger charge is 2.33. The van der Waals surface area contributed by atoms with Crippen LogP contribution in [0.1, 0.15) is 42.0 Å². The highest BCUT2D eigenvalue weighted by atomic mass is 35.5. The molecule has 2 atom stereocenters. The maximum atomic E-state index is 13.7. The zero-order valence-electron chi connectivity index (χ0n) is 19.3. The number of benzene rings is 1. The number of nitrogens with zero attached hydrogens (tertiary/aromatic N) is 5. The standard InChI is InChI=1S/C25H32ClN5O2/c1-18-2-7-22-23(18)24(28-17-27-22)30-8-10-31(11-9-30)25(32)21(16-29-12-14-33-15-13-29)19-3-5-20(26)6-4-19/h3-6,17-18,21H,2,7-16H2,1H3. The van der Waals surface area contributed by atoms with Gasteiger partial charge in [0.2, 0.25) is 5.91 Å². The minimum absolute atomic E-state index is 0.199. The number of carbonyl (C=O) groups excluding carboxylic acids is 1. The molecule has 8 heteroatoms. The van der Waals surface area contributed by atoms with Gasteiger partial charge in [-0.1, -0.05) is 30.7 Å². The van der Waals surface area contributed by atoms with Crippen LogP contribution in [0.3, 0.4) is 0 Å². The molecule has 2 aliphatic heterocycles. The zero-order chi connectivity index (χ0) is 22.8. The smallest absolute Gasteiger partial charge is 0.231 e. The Morgan fingerprint density at radius 2 is 1.82 bits per heavy atom. The van der Waals surface area contributed by atoms with Crippen molar-refractivity contribution in [2.75, 3.05) is 63.9 Å². The molecule has 7 nitrogen and oxygen atoms in total. The largest absolute Gasteiger partial charge is 0.379 e. The Labute approximate surface area is 200 Å². The van der Waals surface area contributed by atoms with Crippen molar-refractivity contribution in [3.8, 4) is 0 Å². The van der Waals surface area contributed by atoms with Gasteiger partial charge in [0.05, 0.1) is 19.1 Å². The molecule has 1 aromatic carbocycles. The van der Waals surface area contributed by atoms with Gasteiger partial charge in [-0.05, 0) is 36.5 Å². The number of hydrogen-bond donors (Lipinski definition) is 0. The Hall–Kier alpha value is -2.22. The molecule has 0 saturated carbocycles. The summed E-state index contributed by atoms with van der Waals surface area (Å²) in [6, 6.07) is 7.75. The molecule has 1 aliphatic carbocycles. The van der Waals surface area contributed by atoms with E-state index in [0.29, 0.717) is 30.6 Å². The van der Waals surface area contributed by atoms with E-state index in [4.69, 9.17) is 16.3 Å². The van der Waals surface area contributed by atoms with E-state index in [-0.39, 0.29) is 11.8 Å². The van der Waals surface area contributed by atoms with E-state index in [1.165, 1.54) is 11.3 Å². The number of fused-ring (bicyclic) bond motifs is 1. The fourth-order valence-corrected chi connectivity index (χ4v) is 5.42. The van der Waals surface area contributed by atoms with Gasteiger partial charge in [0.1, 0.15) is 12.1 Å². The number of morpholine rings is 1. The molecule has 33 heavy (non-hydrogen) atoms. The van der Waals surface area contributed by atoms with Gasteiger partial charge in [0, 0.05) is 62.1 Å². The van der Waals surface area contributed by atoms with Gasteiger partial charge in [-0.3, -0.25) is 9.69 Å². The Morgan fingerprint density at radius 1 is 1.09 bits per heavy atom. The molecular weight excluding hydrogens is 438 g/mol. The fraction of sp³-hybridized carbons (Fsp3) is 0.560. The number of aryl methyl sites for hydroxylation is 1. The third kappa shape index (κ3) is 4.86. The number of hydrogen-bond acceptors (Lipinski definition) is 6. The summed E-state index contributed by atoms with van der Waals surface area (Å²) in [5.74, 6) is 1.57. The van der Waals surface area contributed by atoms with Gasteiger partial charge in [-0.2, -0.15) is 0 Å². The van der Waals surface area contributed by atoms with Gasteiger partial charge in [0.15, 0.2) is 0 Å². The van der Waals surface area contributed by atoms with Gasteiger partial charge < -0.3 is 14.5 Å². The molecule has 1 amide bonds. The lowest BCUT2D eigenvalue weighted by molar-refractivity contribution is -0.134. The van der Waals surface area contributed by atoms with Crippen LogP contribution >= 0.6 is 11.6 Å². The van der Waals surface area contributed by atoms with Crippen molar-refractivity contribution in [2.24, 2.45) is 0 Å². The van der Waals surface area contributed by atoms with Crippen LogP contribution < -0.4 is 4.90 Å². The second kappa shape index (κ2) is 9.95. The van der Waals surface area contributed by atoms with Crippen LogP contribution in [0.2, 0.25) is 5.02 Å². The highest BCUT2D eigenvalue weighted by Crippen LogP contribution is 2.37. The summed E-state index contributed by atoms with van der Waals surface area (Å²) in [7, 11) is 0. The quantitative estimate of drug-likeness (QED) is 0.671. The second-order valence-electron chi connectivity index (χ2n) is 9.33. The van der Waals surface area contributed by atoms with Gasteiger partial charge in [-0.25, -0.2) is 9.97 Å². The molecule has 5 rings (SSSR count). The molecule has 3 aliphatic rings. The van der Waals surface area contributed by atoms with Crippen molar-refractivity contribution in [3.05, 3.63) is 52.4 Å². The molecule has 3 heterocycles. The van der Waals surface area contributed by atoms with Crippen LogP contribution in [0.5, 0.6) is 0 Å². The normalized spacial score (nSPS) is 22.3. The minimum atomic E-state index is -0.199. The molecule has 0 spiro atoms. The molecule has 2 aromatic rings. The molecule has 1 aromatic heterocycles. The van der Waals surface area contributed by atoms with E-state index in [1.807, 2.05) is 29.2 Å². The van der Waals surface area contributed by atoms with E-state index in [2.05, 4.69) is 26.7 Å². The summed E-state index contributed by atoms with van der Waals surface area (Å²) in [6.45, 7) is 9.16. The summed E-state index contributed by atoms with van der Waals surface area (Å²) in [5.41, 5.74) is 3.53. The van der Waals surface area contributed by atoms with Crippen molar-refractivity contribution in [1.82, 2.24) is 19.8 Å². The van der Waals surface area contributed by atoms with Crippen molar-refractivity contribution in [1.29, 1.82) is 0 Å². The summed E-state index contributed by atoms with van der Waals surface area (Å²) in [4.78, 5) is 29.6. The summed E-state index contributed by atoms with van der Waals surface area (Å²) < 4.78 is 5.50. The first-order valence-electron chi connectivity index (χ1n) is 12.0. The third-order valence-corrected chi connectivity index (χ3v) is 7.51. The van der Waals surface area contributed by atoms with Crippen LogP contribution in [0, 0.1) is 0 Å². The predicted molar refractivity (Wildman–Crippen MR) is 129 cm³/mol. The number of rotatable bonds is 5. The number of amides is 1. The zero-order valence-corrected chi connectivity index (χ0v) is 20.0. The Kier molecular flexibility index (Phi) is 6.81. The lowest BCUT2D eigenvalue weighted by atomic mass is 9.96. The summed E-state index contributed by atoms with van der Waals surface area (Å²) in [5, 5.41) is 0.691. The number of halogens is 1. The Bertz CT molecular complexity index is 971. The van der Waals surface area contributed by atoms with Crippen molar-refractivity contribution >= 4 is 23.3 Å². The summed E-state index contributed by atoms with van der Waals surface area (Å²) in [6.07, 6.45) is 3.88. The van der Waals surface area contributed by atoms with E-state index in [1.54, 1.807) is 6.33 Å². The van der Waals surface area contributed by atoms with Gasteiger partial charge >= 0.3 is 0 Å². The Balaban J connectivity index is 1.29. The number of ether oxygens (including phenoxy) is 1. The minimum Gasteiger partial charge on any atom is -0.379 e. The molecule has 2 fully saturated rings. The second-order valence-corrected chi connectivity index (χ2v) is 9.76. The topological polar surface area (TPSA) is 61.8 Å². The van der Waals surface area contributed by atoms with Crippen LogP contribution in [-0.2, 0) is 16.0 Å². The maximum absolute atomic E-state index is 13.7. The molecule has 0 radical (unpaired) electrons. The number of aromatic nitrogens is 2. The first-order valence-corrected chi connectivity index (χ1v) is 12.4. The van der Waals surface area contributed by atoms with Gasteiger partial charge in [0.25, 0.3) is 0 Å². The molecule has 176 valence electrons. The van der Waals surface area contributed by atoms with Crippen molar-refractivity contribution in [2.45, 2.75) is 31.6 Å². The molecule has 2 unspecified atom stereocenters. The summed E-state index contributed by atoms with van der Waals surface area (Å²) >= 11 is 6.12. The number of anilines is 1. The van der Waals surface area contributed by atoms with Crippen LogP contribution in [0.25, 0.3) is 0 Å². The highest BCUT2D eigenvalue weighted by molar-refractivity contribution is 6.30. The van der Waals surface area contributed by atoms with E-state index in [0.717, 1.165) is 63.6 Å². The van der Waals surface area contributed by atoms with Crippen LogP contribution in [0.15, 0.2) is 30.6 Å². The van der Waals surface area contributed by atoms with E-state index >= 15 is 0 Å². The van der Waals surface area contributed by atoms with Crippen LogP contribution in [0.4, 0.5) is 5.82 Å². The molecule has 0 N–H and O–H groups in total. The molecule has 0 bridgehead atoms. The average molecular weight is 470 g/mol. The van der Waals surface area contributed by atoms with Crippen molar-refractivity contribution in [3.63, 3.8) is 0 Å². The first-order chi connectivity index (χ1) is 16.1.